The standard InChI is InChI=1S/C3H6O2S/c1-2(4)3(5)6/h2,4H,1H3,(H,5,6)/t2-/m1/s1. The van der Waals surface area contributed by atoms with E-state index in [0.29, 0.717) is 0 Å². The van der Waals surface area contributed by atoms with Crippen molar-refractivity contribution in [3.05, 3.63) is 0 Å². The van der Waals surface area contributed by atoms with Gasteiger partial charge in [0, 0.05) is 0 Å². The van der Waals surface area contributed by atoms with Crippen molar-refractivity contribution in [3.63, 3.8) is 0 Å². The Labute approximate surface area is 41.6 Å². The summed E-state index contributed by atoms with van der Waals surface area (Å²) in [6.45, 7) is 1.37. The number of thiol groups is 1. The van der Waals surface area contributed by atoms with Gasteiger partial charge in [-0.2, -0.15) is 0 Å². The summed E-state index contributed by atoms with van der Waals surface area (Å²) in [7, 11) is 0. The Balaban J connectivity index is 3.26. The largest absolute Gasteiger partial charge is 0.385 e. The Morgan fingerprint density at radius 3 is 2.17 bits per heavy atom. The number of hydrogen-bond acceptors (Lipinski definition) is 2. The minimum atomic E-state index is -0.923. The number of carbonyl (C=O) groups is 1. The average Bonchev–Trinajstić information content (AvgIpc) is 1.36. The number of rotatable bonds is 1. The maximum Gasteiger partial charge on any atom is 0.214 e. The van der Waals surface area contributed by atoms with Crippen LogP contribution in [0.4, 0.5) is 0 Å². The smallest absolute Gasteiger partial charge is 0.214 e. The highest BCUT2D eigenvalue weighted by Crippen LogP contribution is 1.84. The number of hydrogen-bond donors (Lipinski definition) is 2. The molecule has 0 aromatic rings. The molecule has 0 heterocycles. The predicted molar refractivity (Wildman–Crippen MR) is 25.7 cm³/mol. The fourth-order valence-electron chi connectivity index (χ4n) is 0. The number of aliphatic hydroxyl groups excluding tert-OH is 1. The van der Waals surface area contributed by atoms with E-state index in [1.54, 1.807) is 0 Å². The first-order chi connectivity index (χ1) is 2.64. The van der Waals surface area contributed by atoms with E-state index in [1.165, 1.54) is 6.92 Å². The molecule has 0 rings (SSSR count). The van der Waals surface area contributed by atoms with Crippen LogP contribution in [0.2, 0.25) is 0 Å². The van der Waals surface area contributed by atoms with Gasteiger partial charge in [0.2, 0.25) is 5.12 Å². The van der Waals surface area contributed by atoms with Gasteiger partial charge in [0.05, 0.1) is 0 Å². The number of carbonyl (C=O) groups excluding carboxylic acids is 1. The Morgan fingerprint density at radius 2 is 2.17 bits per heavy atom. The molecule has 0 saturated carbocycles. The van der Waals surface area contributed by atoms with Gasteiger partial charge in [-0.05, 0) is 6.92 Å². The summed E-state index contributed by atoms with van der Waals surface area (Å²) in [5, 5.41) is 7.71. The molecule has 0 bridgehead atoms. The lowest BCUT2D eigenvalue weighted by molar-refractivity contribution is -0.117. The van der Waals surface area contributed by atoms with Crippen LogP contribution >= 0.6 is 12.6 Å². The summed E-state index contributed by atoms with van der Waals surface area (Å²) < 4.78 is 0. The summed E-state index contributed by atoms with van der Waals surface area (Å²) in [6.07, 6.45) is -0.923. The van der Waals surface area contributed by atoms with Gasteiger partial charge in [0.1, 0.15) is 6.10 Å². The zero-order chi connectivity index (χ0) is 5.15. The summed E-state index contributed by atoms with van der Waals surface area (Å²) in [4.78, 5) is 9.76. The molecule has 36 valence electrons. The summed E-state index contributed by atoms with van der Waals surface area (Å²) >= 11 is 3.30. The molecule has 0 amide bonds. The molecule has 3 heteroatoms. The lowest BCUT2D eigenvalue weighted by Crippen LogP contribution is -2.07. The van der Waals surface area contributed by atoms with Crippen LogP contribution in [0.25, 0.3) is 0 Å². The second kappa shape index (κ2) is 2.21. The van der Waals surface area contributed by atoms with Crippen molar-refractivity contribution in [3.8, 4) is 0 Å². The molecule has 0 fully saturated rings. The molecule has 1 atom stereocenters. The van der Waals surface area contributed by atoms with Crippen LogP contribution < -0.4 is 0 Å². The molecule has 2 nitrogen and oxygen atoms in total. The lowest BCUT2D eigenvalue weighted by Gasteiger charge is -1.89. The molecule has 0 unspecified atom stereocenters. The summed E-state index contributed by atoms with van der Waals surface area (Å²) in [6, 6.07) is 0. The first-order valence-corrected chi connectivity index (χ1v) is 2.00. The van der Waals surface area contributed by atoms with E-state index in [2.05, 4.69) is 12.6 Å². The maximum atomic E-state index is 9.76. The van der Waals surface area contributed by atoms with Gasteiger partial charge >= 0.3 is 0 Å². The van der Waals surface area contributed by atoms with E-state index >= 15 is 0 Å². The van der Waals surface area contributed by atoms with E-state index in [1.807, 2.05) is 0 Å². The Hall–Kier alpha value is -0.0200. The van der Waals surface area contributed by atoms with E-state index in [0.717, 1.165) is 0 Å². The molecule has 0 saturated heterocycles. The Kier molecular flexibility index (Phi) is 2.20. The van der Waals surface area contributed by atoms with Gasteiger partial charge in [0.15, 0.2) is 0 Å². The summed E-state index contributed by atoms with van der Waals surface area (Å²) in [5.74, 6) is 0. The van der Waals surface area contributed by atoms with Crippen molar-refractivity contribution < 1.29 is 9.90 Å². The number of aliphatic hydroxyl groups is 1. The quantitative estimate of drug-likeness (QED) is 0.455. The fourth-order valence-corrected chi connectivity index (χ4v) is 0. The highest BCUT2D eigenvalue weighted by atomic mass is 32.1. The topological polar surface area (TPSA) is 37.3 Å². The van der Waals surface area contributed by atoms with Crippen LogP contribution in [0, 0.1) is 0 Å². The Bertz CT molecular complexity index is 59.8. The van der Waals surface area contributed by atoms with Gasteiger partial charge in [0.25, 0.3) is 0 Å². The average molecular weight is 106 g/mol. The highest BCUT2D eigenvalue weighted by Gasteiger charge is 1.98. The minimum absolute atomic E-state index is 0.491. The van der Waals surface area contributed by atoms with Crippen LogP contribution in [0.3, 0.4) is 0 Å². The molecule has 0 aliphatic carbocycles. The Morgan fingerprint density at radius 1 is 2.00 bits per heavy atom. The molecule has 0 spiro atoms. The third-order valence-corrected chi connectivity index (χ3v) is 0.731. The van der Waals surface area contributed by atoms with Gasteiger partial charge in [-0.25, -0.2) is 0 Å². The van der Waals surface area contributed by atoms with E-state index in [9.17, 15) is 4.79 Å². The van der Waals surface area contributed by atoms with Crippen molar-refractivity contribution in [2.75, 3.05) is 0 Å². The van der Waals surface area contributed by atoms with Gasteiger partial charge in [-0.3, -0.25) is 4.79 Å². The zero-order valence-electron chi connectivity index (χ0n) is 3.38. The second-order valence-electron chi connectivity index (χ2n) is 1.01. The SMILES string of the molecule is C[C@@H](O)C(=O)S. The molecule has 0 aromatic heterocycles. The van der Waals surface area contributed by atoms with Gasteiger partial charge < -0.3 is 5.11 Å². The fraction of sp³-hybridized carbons (Fsp3) is 0.667. The third kappa shape index (κ3) is 2.23. The van der Waals surface area contributed by atoms with Crippen molar-refractivity contribution >= 4 is 17.7 Å². The molecule has 1 N–H and O–H groups in total. The molecule has 0 aliphatic heterocycles. The summed E-state index contributed by atoms with van der Waals surface area (Å²) in [5.41, 5.74) is 0. The molecule has 0 radical (unpaired) electrons. The van der Waals surface area contributed by atoms with E-state index < -0.39 is 11.2 Å². The normalized spacial score (nSPS) is 13.8. The van der Waals surface area contributed by atoms with Crippen molar-refractivity contribution in [1.29, 1.82) is 0 Å². The zero-order valence-corrected chi connectivity index (χ0v) is 4.27. The molecule has 0 aliphatic rings. The minimum Gasteiger partial charge on any atom is -0.385 e. The van der Waals surface area contributed by atoms with Crippen molar-refractivity contribution in [2.45, 2.75) is 13.0 Å². The van der Waals surface area contributed by atoms with Crippen LogP contribution in [0.15, 0.2) is 0 Å². The third-order valence-electron chi connectivity index (χ3n) is 0.357. The molecular weight excluding hydrogens is 100 g/mol. The van der Waals surface area contributed by atoms with Crippen LogP contribution in [-0.2, 0) is 4.79 Å². The predicted octanol–water partition coefficient (Wildman–Crippen LogP) is -0.176. The monoisotopic (exact) mass is 106 g/mol. The highest BCUT2D eigenvalue weighted by molar-refractivity contribution is 7.96. The molecular formula is C3H6O2S. The first kappa shape index (κ1) is 5.98. The lowest BCUT2D eigenvalue weighted by atomic mass is 10.5. The van der Waals surface area contributed by atoms with Gasteiger partial charge in [-0.15, -0.1) is 12.6 Å². The van der Waals surface area contributed by atoms with Crippen LogP contribution in [-0.4, -0.2) is 16.3 Å². The first-order valence-electron chi connectivity index (χ1n) is 1.55. The van der Waals surface area contributed by atoms with Crippen molar-refractivity contribution in [2.24, 2.45) is 0 Å². The molecule has 6 heavy (non-hydrogen) atoms. The van der Waals surface area contributed by atoms with Gasteiger partial charge in [-0.1, -0.05) is 0 Å². The van der Waals surface area contributed by atoms with E-state index in [-0.39, 0.29) is 0 Å². The van der Waals surface area contributed by atoms with Crippen LogP contribution in [0.5, 0.6) is 0 Å². The molecule has 0 aromatic carbocycles. The van der Waals surface area contributed by atoms with Crippen LogP contribution in [0.1, 0.15) is 6.92 Å². The second-order valence-corrected chi connectivity index (χ2v) is 1.45. The van der Waals surface area contributed by atoms with E-state index in [4.69, 9.17) is 5.11 Å². The van der Waals surface area contributed by atoms with Crippen molar-refractivity contribution in [1.82, 2.24) is 0 Å². The maximum absolute atomic E-state index is 9.76.